The van der Waals surface area contributed by atoms with E-state index in [4.69, 9.17) is 0 Å². The fourth-order valence-electron chi connectivity index (χ4n) is 2.83. The highest BCUT2D eigenvalue weighted by atomic mass is 16.1. The van der Waals surface area contributed by atoms with Gasteiger partial charge in [-0.1, -0.05) is 19.8 Å². The van der Waals surface area contributed by atoms with Crippen LogP contribution in [0.5, 0.6) is 0 Å². The average Bonchev–Trinajstić information content (AvgIpc) is 2.40. The van der Waals surface area contributed by atoms with Crippen molar-refractivity contribution in [3.8, 4) is 0 Å². The number of aldehydes is 1. The van der Waals surface area contributed by atoms with Crippen LogP contribution in [0.3, 0.4) is 0 Å². The molecule has 0 spiro atoms. The first kappa shape index (κ1) is 13.1. The third-order valence-corrected chi connectivity index (χ3v) is 3.82. The number of pyridine rings is 1. The van der Waals surface area contributed by atoms with Crippen LogP contribution < -0.4 is 4.90 Å². The third kappa shape index (κ3) is 2.89. The molecule has 0 amide bonds. The van der Waals surface area contributed by atoms with Crippen LogP contribution >= 0.6 is 0 Å². The predicted octanol–water partition coefficient (Wildman–Crippen LogP) is 3.22. The van der Waals surface area contributed by atoms with Gasteiger partial charge in [-0.05, 0) is 37.3 Å². The molecule has 3 heteroatoms. The molecule has 98 valence electrons. The molecule has 0 atom stereocenters. The normalized spacial score (nSPS) is 16.9. The number of carbonyl (C=O) groups excluding carboxylic acids is 1. The Morgan fingerprint density at radius 2 is 2.17 bits per heavy atom. The summed E-state index contributed by atoms with van der Waals surface area (Å²) in [7, 11) is 0. The molecular formula is C15H22N2O. The number of nitrogens with zero attached hydrogens (tertiary/aromatic N) is 2. The molecule has 0 bridgehead atoms. The maximum atomic E-state index is 10.7. The first-order chi connectivity index (χ1) is 8.74. The minimum Gasteiger partial charge on any atom is -0.356 e. The molecule has 0 aromatic carbocycles. The smallest absolute Gasteiger partial charge is 0.151 e. The lowest BCUT2D eigenvalue weighted by Gasteiger charge is -2.33. The van der Waals surface area contributed by atoms with Crippen LogP contribution in [0.2, 0.25) is 0 Å². The number of anilines is 1. The Morgan fingerprint density at radius 1 is 1.44 bits per heavy atom. The summed E-state index contributed by atoms with van der Waals surface area (Å²) in [6.45, 7) is 6.49. The van der Waals surface area contributed by atoms with E-state index in [-0.39, 0.29) is 0 Å². The van der Waals surface area contributed by atoms with Gasteiger partial charge in [-0.25, -0.2) is 4.98 Å². The first-order valence-corrected chi connectivity index (χ1v) is 6.91. The zero-order valence-corrected chi connectivity index (χ0v) is 11.4. The van der Waals surface area contributed by atoms with Crippen molar-refractivity contribution in [3.05, 3.63) is 23.4 Å². The molecule has 2 heterocycles. The van der Waals surface area contributed by atoms with E-state index in [0.29, 0.717) is 5.56 Å². The van der Waals surface area contributed by atoms with Gasteiger partial charge < -0.3 is 4.90 Å². The van der Waals surface area contributed by atoms with Crippen molar-refractivity contribution in [1.82, 2.24) is 4.98 Å². The molecule has 0 aliphatic carbocycles. The highest BCUT2D eigenvalue weighted by molar-refractivity contribution is 5.75. The number of hydrogen-bond acceptors (Lipinski definition) is 3. The van der Waals surface area contributed by atoms with Crippen LogP contribution in [-0.2, 0) is 0 Å². The summed E-state index contributed by atoms with van der Waals surface area (Å²) in [4.78, 5) is 17.5. The molecule has 0 saturated carbocycles. The molecule has 1 fully saturated rings. The van der Waals surface area contributed by atoms with Crippen molar-refractivity contribution in [1.29, 1.82) is 0 Å². The summed E-state index contributed by atoms with van der Waals surface area (Å²) >= 11 is 0. The quantitative estimate of drug-likeness (QED) is 0.765. The second-order valence-corrected chi connectivity index (χ2v) is 5.25. The lowest BCUT2D eigenvalue weighted by Crippen LogP contribution is -2.34. The Bertz CT molecular complexity index is 409. The Balaban J connectivity index is 2.03. The molecule has 1 saturated heterocycles. The summed E-state index contributed by atoms with van der Waals surface area (Å²) in [6.07, 6.45) is 7.71. The minimum atomic E-state index is 0.664. The molecule has 1 aromatic heterocycles. The van der Waals surface area contributed by atoms with Gasteiger partial charge in [-0.2, -0.15) is 0 Å². The van der Waals surface area contributed by atoms with E-state index < -0.39 is 0 Å². The predicted molar refractivity (Wildman–Crippen MR) is 74.2 cm³/mol. The van der Waals surface area contributed by atoms with Crippen molar-refractivity contribution >= 4 is 12.1 Å². The van der Waals surface area contributed by atoms with Gasteiger partial charge in [-0.3, -0.25) is 4.79 Å². The number of rotatable bonds is 4. The van der Waals surface area contributed by atoms with Crippen molar-refractivity contribution in [2.75, 3.05) is 18.0 Å². The van der Waals surface area contributed by atoms with Gasteiger partial charge in [0.25, 0.3) is 0 Å². The number of aromatic nitrogens is 1. The zero-order valence-electron chi connectivity index (χ0n) is 11.4. The van der Waals surface area contributed by atoms with E-state index in [1.165, 1.54) is 25.7 Å². The molecule has 18 heavy (non-hydrogen) atoms. The summed E-state index contributed by atoms with van der Waals surface area (Å²) in [5, 5.41) is 0. The van der Waals surface area contributed by atoms with Crippen LogP contribution in [-0.4, -0.2) is 24.4 Å². The summed E-state index contributed by atoms with van der Waals surface area (Å²) < 4.78 is 0. The molecule has 0 N–H and O–H groups in total. The molecule has 1 aliphatic rings. The molecule has 3 nitrogen and oxygen atoms in total. The summed E-state index contributed by atoms with van der Waals surface area (Å²) in [5.41, 5.74) is 1.77. The van der Waals surface area contributed by atoms with Gasteiger partial charge in [-0.15, -0.1) is 0 Å². The average molecular weight is 246 g/mol. The summed E-state index contributed by atoms with van der Waals surface area (Å²) in [5.74, 6) is 1.94. The van der Waals surface area contributed by atoms with E-state index in [2.05, 4.69) is 16.8 Å². The van der Waals surface area contributed by atoms with Crippen molar-refractivity contribution in [3.63, 3.8) is 0 Å². The minimum absolute atomic E-state index is 0.664. The molecule has 0 radical (unpaired) electrons. The highest BCUT2D eigenvalue weighted by Gasteiger charge is 2.20. The maximum Gasteiger partial charge on any atom is 0.151 e. The highest BCUT2D eigenvalue weighted by Crippen LogP contribution is 2.26. The molecule has 1 aromatic rings. The van der Waals surface area contributed by atoms with Gasteiger partial charge in [0.05, 0.1) is 0 Å². The second-order valence-electron chi connectivity index (χ2n) is 5.25. The SMILES string of the molecule is CCCC1CCN(c2ncc(C=O)cc2C)CC1. The molecule has 2 rings (SSSR count). The Labute approximate surface area is 109 Å². The monoisotopic (exact) mass is 246 g/mol. The van der Waals surface area contributed by atoms with E-state index in [1.807, 2.05) is 13.0 Å². The number of carbonyl (C=O) groups is 1. The first-order valence-electron chi connectivity index (χ1n) is 6.91. The lowest BCUT2D eigenvalue weighted by atomic mass is 9.92. The van der Waals surface area contributed by atoms with Crippen LogP contribution in [0.1, 0.15) is 48.5 Å². The van der Waals surface area contributed by atoms with Crippen LogP contribution in [0.4, 0.5) is 5.82 Å². The van der Waals surface area contributed by atoms with Crippen LogP contribution in [0.15, 0.2) is 12.3 Å². The van der Waals surface area contributed by atoms with E-state index in [9.17, 15) is 4.79 Å². The standard InChI is InChI=1S/C15H22N2O/c1-3-4-13-5-7-17(8-6-13)15-12(2)9-14(11-18)10-16-15/h9-11,13H,3-8H2,1-2H3. The largest absolute Gasteiger partial charge is 0.356 e. The number of piperidine rings is 1. The van der Waals surface area contributed by atoms with E-state index in [0.717, 1.165) is 36.7 Å². The van der Waals surface area contributed by atoms with Crippen LogP contribution in [0.25, 0.3) is 0 Å². The molecule has 1 aliphatic heterocycles. The Kier molecular flexibility index (Phi) is 4.34. The van der Waals surface area contributed by atoms with Crippen molar-refractivity contribution < 1.29 is 4.79 Å². The van der Waals surface area contributed by atoms with Gasteiger partial charge in [0.1, 0.15) is 5.82 Å². The molecule has 0 unspecified atom stereocenters. The van der Waals surface area contributed by atoms with Gasteiger partial charge in [0.2, 0.25) is 0 Å². The van der Waals surface area contributed by atoms with Crippen molar-refractivity contribution in [2.24, 2.45) is 5.92 Å². The Hall–Kier alpha value is -1.38. The van der Waals surface area contributed by atoms with E-state index >= 15 is 0 Å². The van der Waals surface area contributed by atoms with Crippen LogP contribution in [0, 0.1) is 12.8 Å². The van der Waals surface area contributed by atoms with Crippen molar-refractivity contribution in [2.45, 2.75) is 39.5 Å². The fraction of sp³-hybridized carbons (Fsp3) is 0.600. The Morgan fingerprint density at radius 3 is 2.72 bits per heavy atom. The zero-order chi connectivity index (χ0) is 13.0. The lowest BCUT2D eigenvalue weighted by molar-refractivity contribution is 0.112. The van der Waals surface area contributed by atoms with E-state index in [1.54, 1.807) is 6.20 Å². The number of hydrogen-bond donors (Lipinski definition) is 0. The van der Waals surface area contributed by atoms with Gasteiger partial charge >= 0.3 is 0 Å². The maximum absolute atomic E-state index is 10.7. The fourth-order valence-corrected chi connectivity index (χ4v) is 2.83. The van der Waals surface area contributed by atoms with Gasteiger partial charge in [0, 0.05) is 24.8 Å². The summed E-state index contributed by atoms with van der Waals surface area (Å²) in [6, 6.07) is 1.92. The third-order valence-electron chi connectivity index (χ3n) is 3.82. The number of aryl methyl sites for hydroxylation is 1. The molecular weight excluding hydrogens is 224 g/mol. The topological polar surface area (TPSA) is 33.2 Å². The van der Waals surface area contributed by atoms with Gasteiger partial charge in [0.15, 0.2) is 6.29 Å². The second kappa shape index (κ2) is 5.98.